The van der Waals surface area contributed by atoms with Crippen LogP contribution < -0.4 is 0 Å². The van der Waals surface area contributed by atoms with E-state index in [0.29, 0.717) is 11.1 Å². The molecule has 0 amide bonds. The van der Waals surface area contributed by atoms with Gasteiger partial charge in [-0.25, -0.2) is 16.8 Å². The highest BCUT2D eigenvalue weighted by atomic mass is 35.5. The maximum Gasteiger partial charge on any atom is 0.215 e. The number of carbonyl (C=O) groups is 2. The molecule has 52 heavy (non-hydrogen) atoms. The van der Waals surface area contributed by atoms with Crippen LogP contribution in [0.15, 0.2) is 113 Å². The molecule has 0 unspecified atom stereocenters. The molecule has 0 aliphatic rings. The number of nitrogens with zero attached hydrogens (tertiary/aromatic N) is 1. The topological polar surface area (TPSA) is 164 Å². The number of aromatic hydroxyl groups is 2. The molecule has 266 valence electrons. The lowest BCUT2D eigenvalue weighted by atomic mass is 10.1. The summed E-state index contributed by atoms with van der Waals surface area (Å²) >= 11 is 25.8. The van der Waals surface area contributed by atoms with Crippen LogP contribution in [0.5, 0.6) is 11.5 Å². The van der Waals surface area contributed by atoms with Crippen molar-refractivity contribution in [2.75, 3.05) is 0 Å². The Kier molecular flexibility index (Phi) is 10.3. The van der Waals surface area contributed by atoms with Gasteiger partial charge in [-0.05, 0) is 53.6 Å². The lowest BCUT2D eigenvalue weighted by Crippen LogP contribution is -2.14. The van der Waals surface area contributed by atoms with Crippen molar-refractivity contribution in [1.82, 2.24) is 9.55 Å². The minimum Gasteiger partial charge on any atom is -0.507 e. The normalized spacial score (nSPS) is 11.8. The van der Waals surface area contributed by atoms with Crippen LogP contribution in [-0.4, -0.2) is 48.2 Å². The molecule has 16 heteroatoms. The van der Waals surface area contributed by atoms with Crippen molar-refractivity contribution in [2.24, 2.45) is 0 Å². The second-order valence-corrected chi connectivity index (χ2v) is 17.0. The average Bonchev–Trinajstić information content (AvgIpc) is 3.56. The van der Waals surface area contributed by atoms with E-state index < -0.39 is 42.7 Å². The van der Waals surface area contributed by atoms with E-state index in [9.17, 15) is 36.6 Å². The number of phenols is 2. The smallest absolute Gasteiger partial charge is 0.215 e. The molecule has 0 aliphatic carbocycles. The Morgan fingerprint density at radius 3 is 1.56 bits per heavy atom. The molecule has 0 saturated heterocycles. The van der Waals surface area contributed by atoms with Crippen LogP contribution in [-0.2, 0) is 31.2 Å². The molecule has 6 aromatic rings. The van der Waals surface area contributed by atoms with E-state index >= 15 is 0 Å². The van der Waals surface area contributed by atoms with Gasteiger partial charge in [0.25, 0.3) is 0 Å². The predicted octanol–water partition coefficient (Wildman–Crippen LogP) is 8.24. The number of nitrogens with one attached hydrogen (secondary N) is 1. The van der Waals surface area contributed by atoms with Gasteiger partial charge in [-0.2, -0.15) is 0 Å². The molecule has 0 radical (unpaired) electrons. The first-order chi connectivity index (χ1) is 24.6. The number of hydrogen-bond donors (Lipinski definition) is 3. The SMILES string of the molecule is O=C(c1ccc(S(=O)(=O)Cc2ccccc2)cc1O)c1[nH]c(Cl)c(Cl)c1-n1c(C(=O)c2ccc(S(=O)(=O)Cc3ccccc3)cc2O)cc(Cl)c1Cl. The summed E-state index contributed by atoms with van der Waals surface area (Å²) in [7, 11) is -7.84. The molecular weight excluding hydrogens is 794 g/mol. The molecule has 6 rings (SSSR count). The molecule has 2 aromatic heterocycles. The number of halogens is 4. The van der Waals surface area contributed by atoms with Crippen LogP contribution in [0.4, 0.5) is 0 Å². The van der Waals surface area contributed by atoms with Crippen molar-refractivity contribution < 1.29 is 36.6 Å². The zero-order valence-corrected chi connectivity index (χ0v) is 31.0. The van der Waals surface area contributed by atoms with Gasteiger partial charge in [0.1, 0.15) is 32.5 Å². The molecule has 0 spiro atoms. The predicted molar refractivity (Wildman–Crippen MR) is 198 cm³/mol. The van der Waals surface area contributed by atoms with Gasteiger partial charge in [0.2, 0.25) is 11.6 Å². The number of H-pyrrole nitrogens is 1. The minimum atomic E-state index is -3.92. The minimum absolute atomic E-state index is 0.158. The molecule has 0 atom stereocenters. The number of phenolic OH excluding ortho intramolecular Hbond substituents is 2. The van der Waals surface area contributed by atoms with E-state index in [1.807, 2.05) is 0 Å². The second-order valence-electron chi connectivity index (χ2n) is 11.5. The molecule has 10 nitrogen and oxygen atoms in total. The van der Waals surface area contributed by atoms with E-state index in [1.165, 1.54) is 6.07 Å². The van der Waals surface area contributed by atoms with Gasteiger partial charge < -0.3 is 15.2 Å². The molecular formula is C36H24Cl4N2O8S2. The summed E-state index contributed by atoms with van der Waals surface area (Å²) < 4.78 is 53.3. The standard InChI is InChI=1S/C36H24Cl4N2O8S2/c37-26-17-27(33(45)24-13-11-22(15-28(24)43)51(47,48)18-20-7-3-1-4-8-20)42(36(26)40)32-30(38)35(39)41-31(32)34(46)25-14-12-23(16-29(25)44)52(49,50)19-21-9-5-2-6-10-21/h1-17,41,43-44H,18-19H2. The number of aromatic amines is 1. The highest BCUT2D eigenvalue weighted by Crippen LogP contribution is 2.41. The van der Waals surface area contributed by atoms with Crippen molar-refractivity contribution in [3.8, 4) is 17.2 Å². The first-order valence-corrected chi connectivity index (χ1v) is 19.8. The summed E-state index contributed by atoms with van der Waals surface area (Å²) in [5.41, 5.74) is -0.550. The van der Waals surface area contributed by atoms with Crippen LogP contribution in [0.2, 0.25) is 20.4 Å². The molecule has 0 aliphatic heterocycles. The van der Waals surface area contributed by atoms with E-state index in [1.54, 1.807) is 60.7 Å². The van der Waals surface area contributed by atoms with Crippen molar-refractivity contribution in [1.29, 1.82) is 0 Å². The van der Waals surface area contributed by atoms with Crippen molar-refractivity contribution in [3.63, 3.8) is 0 Å². The van der Waals surface area contributed by atoms with Crippen LogP contribution >= 0.6 is 46.4 Å². The van der Waals surface area contributed by atoms with E-state index in [-0.39, 0.29) is 69.9 Å². The van der Waals surface area contributed by atoms with Crippen LogP contribution in [0, 0.1) is 0 Å². The number of ketones is 2. The van der Waals surface area contributed by atoms with Crippen LogP contribution in [0.25, 0.3) is 5.69 Å². The summed E-state index contributed by atoms with van der Waals surface area (Å²) in [6.07, 6.45) is 0. The molecule has 4 aromatic carbocycles. The molecule has 0 bridgehead atoms. The highest BCUT2D eigenvalue weighted by molar-refractivity contribution is 7.91. The van der Waals surface area contributed by atoms with Gasteiger partial charge in [-0.15, -0.1) is 0 Å². The number of carbonyl (C=O) groups excluding carboxylic acids is 2. The van der Waals surface area contributed by atoms with Gasteiger partial charge in [0.05, 0.1) is 48.8 Å². The van der Waals surface area contributed by atoms with Crippen molar-refractivity contribution in [2.45, 2.75) is 21.3 Å². The third-order valence-corrected chi connectivity index (χ3v) is 12.9. The lowest BCUT2D eigenvalue weighted by Gasteiger charge is -2.14. The van der Waals surface area contributed by atoms with Gasteiger partial charge in [-0.1, -0.05) is 107 Å². The maximum atomic E-state index is 13.9. The van der Waals surface area contributed by atoms with Gasteiger partial charge in [-0.3, -0.25) is 14.2 Å². The average molecular weight is 819 g/mol. The Balaban J connectivity index is 1.36. The number of aromatic nitrogens is 2. The van der Waals surface area contributed by atoms with E-state index in [4.69, 9.17) is 46.4 Å². The quantitative estimate of drug-likeness (QED) is 0.110. The summed E-state index contributed by atoms with van der Waals surface area (Å²) in [5, 5.41) is 20.8. The molecule has 0 saturated carbocycles. The summed E-state index contributed by atoms with van der Waals surface area (Å²) in [4.78, 5) is 30.0. The fourth-order valence-electron chi connectivity index (χ4n) is 5.47. The number of rotatable bonds is 11. The zero-order chi connectivity index (χ0) is 37.5. The number of hydrogen-bond acceptors (Lipinski definition) is 8. The fraction of sp³-hybridized carbons (Fsp3) is 0.0556. The molecule has 2 heterocycles. The Morgan fingerprint density at radius 2 is 1.10 bits per heavy atom. The van der Waals surface area contributed by atoms with Crippen molar-refractivity contribution >= 4 is 77.6 Å². The monoisotopic (exact) mass is 816 g/mol. The summed E-state index contributed by atoms with van der Waals surface area (Å²) in [6, 6.07) is 24.4. The number of benzene rings is 4. The van der Waals surface area contributed by atoms with Gasteiger partial charge in [0.15, 0.2) is 19.7 Å². The van der Waals surface area contributed by atoms with Crippen LogP contribution in [0.3, 0.4) is 0 Å². The lowest BCUT2D eigenvalue weighted by molar-refractivity contribution is 0.101. The van der Waals surface area contributed by atoms with Crippen molar-refractivity contribution in [3.05, 3.63) is 157 Å². The number of sulfone groups is 2. The van der Waals surface area contributed by atoms with E-state index in [2.05, 4.69) is 4.98 Å². The Hall–Kier alpha value is -4.56. The summed E-state index contributed by atoms with van der Waals surface area (Å²) in [6.45, 7) is 0. The first kappa shape index (κ1) is 37.2. The second kappa shape index (κ2) is 14.5. The maximum absolute atomic E-state index is 13.9. The Morgan fingerprint density at radius 1 is 0.635 bits per heavy atom. The largest absolute Gasteiger partial charge is 0.507 e. The summed E-state index contributed by atoms with van der Waals surface area (Å²) in [5.74, 6) is -3.84. The van der Waals surface area contributed by atoms with Gasteiger partial charge >= 0.3 is 0 Å². The molecule has 0 fully saturated rings. The first-order valence-electron chi connectivity index (χ1n) is 15.0. The third-order valence-electron chi connectivity index (χ3n) is 8.00. The van der Waals surface area contributed by atoms with E-state index in [0.717, 1.165) is 41.0 Å². The Bertz CT molecular complexity index is 2420. The van der Waals surface area contributed by atoms with Gasteiger partial charge in [0, 0.05) is 0 Å². The third kappa shape index (κ3) is 7.23. The highest BCUT2D eigenvalue weighted by Gasteiger charge is 2.32. The fourth-order valence-corrected chi connectivity index (χ4v) is 9.03. The van der Waals surface area contributed by atoms with Crippen LogP contribution in [0.1, 0.15) is 43.2 Å². The zero-order valence-electron chi connectivity index (χ0n) is 26.3. The molecule has 3 N–H and O–H groups in total. The Labute approximate surface area is 317 Å².